The summed E-state index contributed by atoms with van der Waals surface area (Å²) in [6, 6.07) is 6.02. The average molecular weight is 358 g/mol. The van der Waals surface area contributed by atoms with Crippen LogP contribution in [0.3, 0.4) is 0 Å². The number of rotatable bonds is 2. The summed E-state index contributed by atoms with van der Waals surface area (Å²) >= 11 is 0. The second kappa shape index (κ2) is 8.54. The number of phenols is 1. The SMILES string of the molecule is C/C1=C/C[C@@H](OC(=O)c2ccc(O)cc2)/C(C)=C\[C@H](O)C(C)(C)CCC1. The molecule has 0 aliphatic heterocycles. The Labute approximate surface area is 156 Å². The highest BCUT2D eigenvalue weighted by Crippen LogP contribution is 2.31. The van der Waals surface area contributed by atoms with Gasteiger partial charge in [0.05, 0.1) is 11.7 Å². The van der Waals surface area contributed by atoms with Crippen molar-refractivity contribution in [1.29, 1.82) is 0 Å². The lowest BCUT2D eigenvalue weighted by Crippen LogP contribution is -2.29. The Kier molecular flexibility index (Phi) is 6.65. The molecule has 4 heteroatoms. The van der Waals surface area contributed by atoms with Crippen LogP contribution in [-0.2, 0) is 4.74 Å². The molecule has 0 fully saturated rings. The lowest BCUT2D eigenvalue weighted by atomic mass is 9.80. The highest BCUT2D eigenvalue weighted by Gasteiger charge is 2.28. The van der Waals surface area contributed by atoms with Gasteiger partial charge in [0.25, 0.3) is 0 Å². The normalized spacial score (nSPS) is 28.0. The first-order chi connectivity index (χ1) is 12.2. The number of aromatic hydroxyl groups is 1. The summed E-state index contributed by atoms with van der Waals surface area (Å²) in [5.74, 6) is -0.325. The maximum absolute atomic E-state index is 12.5. The van der Waals surface area contributed by atoms with Crippen LogP contribution in [0.5, 0.6) is 5.75 Å². The standard InChI is InChI=1S/C22H30O4/c1-15-6-5-13-22(3,4)20(24)14-16(2)19(12-7-15)26-21(25)17-8-10-18(23)11-9-17/h7-11,14,19-20,23-24H,5-6,12-13H2,1-4H3/b15-7-,16-14-/t19-,20+/m1/s1. The molecule has 0 radical (unpaired) electrons. The number of ether oxygens (including phenoxy) is 1. The summed E-state index contributed by atoms with van der Waals surface area (Å²) in [5, 5.41) is 20.0. The molecule has 0 heterocycles. The predicted molar refractivity (Wildman–Crippen MR) is 103 cm³/mol. The van der Waals surface area contributed by atoms with Crippen molar-refractivity contribution in [3.8, 4) is 5.75 Å². The van der Waals surface area contributed by atoms with E-state index >= 15 is 0 Å². The van der Waals surface area contributed by atoms with Gasteiger partial charge in [-0.25, -0.2) is 4.79 Å². The van der Waals surface area contributed by atoms with Crippen molar-refractivity contribution in [3.05, 3.63) is 53.1 Å². The molecule has 0 aromatic heterocycles. The monoisotopic (exact) mass is 358 g/mol. The van der Waals surface area contributed by atoms with Gasteiger partial charge in [0.1, 0.15) is 11.9 Å². The van der Waals surface area contributed by atoms with Crippen molar-refractivity contribution in [2.45, 2.75) is 65.6 Å². The maximum Gasteiger partial charge on any atom is 0.338 e. The zero-order valence-corrected chi connectivity index (χ0v) is 16.2. The van der Waals surface area contributed by atoms with E-state index in [4.69, 9.17) is 4.74 Å². The Balaban J connectivity index is 2.25. The molecule has 0 amide bonds. The fourth-order valence-electron chi connectivity index (χ4n) is 3.08. The first kappa shape index (κ1) is 20.2. The van der Waals surface area contributed by atoms with E-state index in [0.29, 0.717) is 12.0 Å². The quantitative estimate of drug-likeness (QED) is 0.590. The number of benzene rings is 1. The second-order valence-electron chi connectivity index (χ2n) is 7.92. The van der Waals surface area contributed by atoms with Crippen LogP contribution in [0.1, 0.15) is 63.7 Å². The smallest absolute Gasteiger partial charge is 0.338 e. The molecule has 142 valence electrons. The molecule has 0 saturated carbocycles. The predicted octanol–water partition coefficient (Wildman–Crippen LogP) is 4.77. The molecular formula is C22H30O4. The molecule has 4 nitrogen and oxygen atoms in total. The summed E-state index contributed by atoms with van der Waals surface area (Å²) in [4.78, 5) is 12.5. The molecule has 0 bridgehead atoms. The maximum atomic E-state index is 12.5. The highest BCUT2D eigenvalue weighted by molar-refractivity contribution is 5.89. The minimum atomic E-state index is -0.587. The first-order valence-electron chi connectivity index (χ1n) is 9.21. The van der Waals surface area contributed by atoms with E-state index in [1.807, 2.05) is 13.0 Å². The summed E-state index contributed by atoms with van der Waals surface area (Å²) in [6.07, 6.45) is 6.46. The van der Waals surface area contributed by atoms with E-state index in [0.717, 1.165) is 24.8 Å². The first-order valence-corrected chi connectivity index (χ1v) is 9.21. The number of esters is 1. The zero-order chi connectivity index (χ0) is 19.3. The van der Waals surface area contributed by atoms with Crippen LogP contribution in [0.15, 0.2) is 47.6 Å². The molecule has 0 spiro atoms. The Morgan fingerprint density at radius 1 is 1.19 bits per heavy atom. The highest BCUT2D eigenvalue weighted by atomic mass is 16.5. The average Bonchev–Trinajstić information content (AvgIpc) is 2.59. The molecule has 0 unspecified atom stereocenters. The lowest BCUT2D eigenvalue weighted by molar-refractivity contribution is 0.0368. The molecule has 1 aromatic rings. The summed E-state index contributed by atoms with van der Waals surface area (Å²) in [7, 11) is 0. The van der Waals surface area contributed by atoms with Gasteiger partial charge in [-0.2, -0.15) is 0 Å². The number of hydrogen-bond acceptors (Lipinski definition) is 4. The van der Waals surface area contributed by atoms with E-state index in [1.54, 1.807) is 12.1 Å². The van der Waals surface area contributed by atoms with Crippen molar-refractivity contribution in [2.24, 2.45) is 5.41 Å². The van der Waals surface area contributed by atoms with Crippen LogP contribution in [0.4, 0.5) is 0 Å². The third kappa shape index (κ3) is 5.46. The molecule has 2 N–H and O–H groups in total. The lowest BCUT2D eigenvalue weighted by Gasteiger charge is -2.29. The number of hydrogen-bond donors (Lipinski definition) is 2. The molecule has 2 rings (SSSR count). The number of aliphatic hydroxyl groups is 1. The van der Waals surface area contributed by atoms with Gasteiger partial charge in [0.2, 0.25) is 0 Å². The van der Waals surface area contributed by atoms with E-state index in [-0.39, 0.29) is 11.2 Å². The van der Waals surface area contributed by atoms with Crippen molar-refractivity contribution in [1.82, 2.24) is 0 Å². The number of carbonyl (C=O) groups is 1. The van der Waals surface area contributed by atoms with Crippen LogP contribution in [0.2, 0.25) is 0 Å². The largest absolute Gasteiger partial charge is 0.508 e. The minimum Gasteiger partial charge on any atom is -0.508 e. The van der Waals surface area contributed by atoms with E-state index < -0.39 is 18.2 Å². The van der Waals surface area contributed by atoms with E-state index in [9.17, 15) is 15.0 Å². The van der Waals surface area contributed by atoms with Gasteiger partial charge < -0.3 is 14.9 Å². The number of allylic oxidation sites excluding steroid dienone is 1. The number of aliphatic hydroxyl groups excluding tert-OH is 1. The summed E-state index contributed by atoms with van der Waals surface area (Å²) < 4.78 is 5.72. The van der Waals surface area contributed by atoms with Crippen LogP contribution in [0.25, 0.3) is 0 Å². The van der Waals surface area contributed by atoms with Crippen molar-refractivity contribution >= 4 is 5.97 Å². The van der Waals surface area contributed by atoms with Crippen molar-refractivity contribution < 1.29 is 19.7 Å². The second-order valence-corrected chi connectivity index (χ2v) is 7.92. The number of phenolic OH excluding ortho intramolecular Hbond substituents is 1. The van der Waals surface area contributed by atoms with Crippen LogP contribution < -0.4 is 0 Å². The van der Waals surface area contributed by atoms with Crippen LogP contribution in [-0.4, -0.2) is 28.4 Å². The van der Waals surface area contributed by atoms with Gasteiger partial charge >= 0.3 is 5.97 Å². The van der Waals surface area contributed by atoms with Gasteiger partial charge in [-0.15, -0.1) is 0 Å². The van der Waals surface area contributed by atoms with Gasteiger partial charge in [0.15, 0.2) is 0 Å². The third-order valence-corrected chi connectivity index (χ3v) is 5.15. The fraction of sp³-hybridized carbons (Fsp3) is 0.500. The Hall–Kier alpha value is -2.07. The van der Waals surface area contributed by atoms with Gasteiger partial charge in [-0.1, -0.05) is 31.6 Å². The molecule has 26 heavy (non-hydrogen) atoms. The van der Waals surface area contributed by atoms with Gasteiger partial charge in [0, 0.05) is 6.42 Å². The Bertz CT molecular complexity index is 683. The molecule has 1 aromatic carbocycles. The van der Waals surface area contributed by atoms with Gasteiger partial charge in [-0.05, 0) is 68.4 Å². The third-order valence-electron chi connectivity index (χ3n) is 5.15. The van der Waals surface area contributed by atoms with Gasteiger partial charge in [-0.3, -0.25) is 0 Å². The fourth-order valence-corrected chi connectivity index (χ4v) is 3.08. The number of carbonyl (C=O) groups excluding carboxylic acids is 1. The minimum absolute atomic E-state index is 0.108. The van der Waals surface area contributed by atoms with E-state index in [1.165, 1.54) is 17.7 Å². The Morgan fingerprint density at radius 3 is 2.50 bits per heavy atom. The zero-order valence-electron chi connectivity index (χ0n) is 16.2. The van der Waals surface area contributed by atoms with Crippen LogP contribution >= 0.6 is 0 Å². The molecule has 1 aliphatic rings. The Morgan fingerprint density at radius 2 is 1.85 bits per heavy atom. The molecular weight excluding hydrogens is 328 g/mol. The van der Waals surface area contributed by atoms with E-state index in [2.05, 4.69) is 26.8 Å². The van der Waals surface area contributed by atoms with Crippen molar-refractivity contribution in [2.75, 3.05) is 0 Å². The van der Waals surface area contributed by atoms with Crippen molar-refractivity contribution in [3.63, 3.8) is 0 Å². The molecule has 0 saturated heterocycles. The molecule has 2 atom stereocenters. The molecule has 1 aliphatic carbocycles. The topological polar surface area (TPSA) is 66.8 Å². The van der Waals surface area contributed by atoms with Crippen LogP contribution in [0, 0.1) is 5.41 Å². The summed E-state index contributed by atoms with van der Waals surface area (Å²) in [6.45, 7) is 8.13. The summed E-state index contributed by atoms with van der Waals surface area (Å²) in [5.41, 5.74) is 2.29.